The first-order valence-corrected chi connectivity index (χ1v) is 6.41. The molecule has 2 aromatic heterocycles. The Hall–Kier alpha value is -1.39. The number of pyridine rings is 1. The molecule has 0 atom stereocenters. The van der Waals surface area contributed by atoms with Gasteiger partial charge in [0.2, 0.25) is 0 Å². The van der Waals surface area contributed by atoms with Gasteiger partial charge < -0.3 is 0 Å². The zero-order valence-electron chi connectivity index (χ0n) is 9.07. The maximum absolute atomic E-state index is 13.5. The second-order valence-corrected chi connectivity index (χ2v) is 5.13. The quantitative estimate of drug-likeness (QED) is 0.641. The maximum atomic E-state index is 13.5. The van der Waals surface area contributed by atoms with E-state index in [0.29, 0.717) is 5.56 Å². The van der Waals surface area contributed by atoms with Crippen LogP contribution >= 0.6 is 27.5 Å². The first-order chi connectivity index (χ1) is 8.66. The van der Waals surface area contributed by atoms with Crippen LogP contribution < -0.4 is 0 Å². The van der Waals surface area contributed by atoms with Crippen LogP contribution in [0.15, 0.2) is 47.2 Å². The van der Waals surface area contributed by atoms with Crippen LogP contribution in [0.1, 0.15) is 0 Å². The Balaban J connectivity index is 2.32. The van der Waals surface area contributed by atoms with Crippen molar-refractivity contribution in [1.82, 2.24) is 9.61 Å². The molecule has 0 aliphatic carbocycles. The zero-order chi connectivity index (χ0) is 12.7. The summed E-state index contributed by atoms with van der Waals surface area (Å²) in [7, 11) is 0. The van der Waals surface area contributed by atoms with Crippen LogP contribution in [-0.4, -0.2) is 9.61 Å². The summed E-state index contributed by atoms with van der Waals surface area (Å²) in [5.74, 6) is -0.427. The van der Waals surface area contributed by atoms with Gasteiger partial charge in [-0.3, -0.25) is 0 Å². The fraction of sp³-hybridized carbons (Fsp3) is 0. The van der Waals surface area contributed by atoms with Gasteiger partial charge in [-0.15, -0.1) is 0 Å². The van der Waals surface area contributed by atoms with Gasteiger partial charge in [0.1, 0.15) is 5.82 Å². The number of fused-ring (bicyclic) bond motifs is 1. The van der Waals surface area contributed by atoms with Gasteiger partial charge >= 0.3 is 0 Å². The van der Waals surface area contributed by atoms with E-state index in [2.05, 4.69) is 21.0 Å². The molecule has 0 amide bonds. The summed E-state index contributed by atoms with van der Waals surface area (Å²) in [6.07, 6.45) is 3.51. The second-order valence-electron chi connectivity index (χ2n) is 3.83. The molecule has 3 aromatic rings. The fourth-order valence-corrected chi connectivity index (χ4v) is 2.44. The Morgan fingerprint density at radius 3 is 2.89 bits per heavy atom. The average Bonchev–Trinajstić information content (AvgIpc) is 2.75. The highest BCUT2D eigenvalue weighted by Crippen LogP contribution is 2.33. The van der Waals surface area contributed by atoms with Crippen molar-refractivity contribution in [3.05, 3.63) is 58.0 Å². The fourth-order valence-electron chi connectivity index (χ4n) is 1.87. The Morgan fingerprint density at radius 2 is 2.06 bits per heavy atom. The lowest BCUT2D eigenvalue weighted by Gasteiger charge is -2.03. The molecular formula is C13H7BrClFN2. The molecule has 0 aliphatic rings. The summed E-state index contributed by atoms with van der Waals surface area (Å²) in [5, 5.41) is 4.34. The van der Waals surface area contributed by atoms with Crippen molar-refractivity contribution in [1.29, 1.82) is 0 Å². The van der Waals surface area contributed by atoms with Crippen LogP contribution in [0.25, 0.3) is 16.6 Å². The highest BCUT2D eigenvalue weighted by atomic mass is 79.9. The molecule has 2 heterocycles. The lowest BCUT2D eigenvalue weighted by molar-refractivity contribution is 0.629. The Kier molecular flexibility index (Phi) is 2.84. The van der Waals surface area contributed by atoms with Crippen LogP contribution in [0.4, 0.5) is 4.39 Å². The first kappa shape index (κ1) is 11.7. The minimum atomic E-state index is -0.427. The summed E-state index contributed by atoms with van der Waals surface area (Å²) < 4.78 is 16.1. The van der Waals surface area contributed by atoms with E-state index in [-0.39, 0.29) is 5.02 Å². The molecule has 0 radical (unpaired) electrons. The highest BCUT2D eigenvalue weighted by Gasteiger charge is 2.12. The third-order valence-corrected chi connectivity index (χ3v) is 3.60. The van der Waals surface area contributed by atoms with Crippen molar-refractivity contribution in [3.8, 4) is 11.1 Å². The lowest BCUT2D eigenvalue weighted by atomic mass is 10.1. The van der Waals surface area contributed by atoms with Crippen LogP contribution in [0.2, 0.25) is 5.02 Å². The van der Waals surface area contributed by atoms with Crippen molar-refractivity contribution < 1.29 is 4.39 Å². The third kappa shape index (κ3) is 1.82. The highest BCUT2D eigenvalue weighted by molar-refractivity contribution is 9.10. The van der Waals surface area contributed by atoms with Crippen molar-refractivity contribution >= 4 is 33.0 Å². The molecule has 0 N–H and O–H groups in total. The number of rotatable bonds is 1. The van der Waals surface area contributed by atoms with Gasteiger partial charge in [-0.1, -0.05) is 39.7 Å². The molecule has 0 spiro atoms. The minimum absolute atomic E-state index is 0.118. The number of nitrogens with zero attached hydrogens (tertiary/aromatic N) is 2. The Bertz CT molecular complexity index is 739. The van der Waals surface area contributed by atoms with Gasteiger partial charge in [0.15, 0.2) is 0 Å². The number of halogens is 3. The molecule has 5 heteroatoms. The molecule has 0 bridgehead atoms. The van der Waals surface area contributed by atoms with Gasteiger partial charge in [-0.25, -0.2) is 8.91 Å². The first-order valence-electron chi connectivity index (χ1n) is 5.24. The molecule has 0 saturated carbocycles. The van der Waals surface area contributed by atoms with Crippen LogP contribution in [-0.2, 0) is 0 Å². The zero-order valence-corrected chi connectivity index (χ0v) is 11.4. The number of aromatic nitrogens is 2. The Labute approximate surface area is 116 Å². The van der Waals surface area contributed by atoms with E-state index in [1.165, 1.54) is 6.07 Å². The molecule has 3 rings (SSSR count). The van der Waals surface area contributed by atoms with Gasteiger partial charge in [-0.2, -0.15) is 5.10 Å². The number of benzene rings is 1. The number of hydrogen-bond donors (Lipinski definition) is 0. The summed E-state index contributed by atoms with van der Waals surface area (Å²) >= 11 is 9.41. The van der Waals surface area contributed by atoms with E-state index in [1.807, 2.05) is 18.3 Å². The molecule has 0 aliphatic heterocycles. The molecule has 0 saturated heterocycles. The van der Waals surface area contributed by atoms with Crippen molar-refractivity contribution in [2.75, 3.05) is 0 Å². The van der Waals surface area contributed by atoms with E-state index in [4.69, 9.17) is 11.6 Å². The standard InChI is InChI=1S/C13H7BrClFN2/c14-8-4-5-18-12(6-8)10(7-17-18)9-2-1-3-11(16)13(9)15/h1-7H. The third-order valence-electron chi connectivity index (χ3n) is 2.73. The maximum Gasteiger partial charge on any atom is 0.142 e. The van der Waals surface area contributed by atoms with Gasteiger partial charge in [0.25, 0.3) is 0 Å². The van der Waals surface area contributed by atoms with Crippen molar-refractivity contribution in [2.24, 2.45) is 0 Å². The summed E-state index contributed by atoms with van der Waals surface area (Å²) in [4.78, 5) is 0. The summed E-state index contributed by atoms with van der Waals surface area (Å²) in [6.45, 7) is 0. The molecule has 18 heavy (non-hydrogen) atoms. The van der Waals surface area contributed by atoms with E-state index in [0.717, 1.165) is 15.6 Å². The lowest BCUT2D eigenvalue weighted by Crippen LogP contribution is -1.86. The van der Waals surface area contributed by atoms with Gasteiger partial charge in [0.05, 0.1) is 16.7 Å². The monoisotopic (exact) mass is 324 g/mol. The van der Waals surface area contributed by atoms with Gasteiger partial charge in [0, 0.05) is 21.8 Å². The van der Waals surface area contributed by atoms with Crippen molar-refractivity contribution in [2.45, 2.75) is 0 Å². The van der Waals surface area contributed by atoms with E-state index in [9.17, 15) is 4.39 Å². The van der Waals surface area contributed by atoms with Crippen LogP contribution in [0.5, 0.6) is 0 Å². The van der Waals surface area contributed by atoms with E-state index in [1.54, 1.807) is 22.8 Å². The SMILES string of the molecule is Fc1cccc(-c2cnn3ccc(Br)cc23)c1Cl. The predicted molar refractivity (Wildman–Crippen MR) is 73.3 cm³/mol. The predicted octanol–water partition coefficient (Wildman–Crippen LogP) is 4.56. The largest absolute Gasteiger partial charge is 0.240 e. The van der Waals surface area contributed by atoms with E-state index >= 15 is 0 Å². The summed E-state index contributed by atoms with van der Waals surface area (Å²) in [6, 6.07) is 8.56. The van der Waals surface area contributed by atoms with Crippen LogP contribution in [0, 0.1) is 5.82 Å². The second kappa shape index (κ2) is 4.37. The molecule has 90 valence electrons. The minimum Gasteiger partial charge on any atom is -0.240 e. The summed E-state index contributed by atoms with van der Waals surface area (Å²) in [5.41, 5.74) is 2.32. The molecule has 1 aromatic carbocycles. The van der Waals surface area contributed by atoms with Crippen LogP contribution in [0.3, 0.4) is 0 Å². The molecule has 0 fully saturated rings. The topological polar surface area (TPSA) is 17.3 Å². The molecular weight excluding hydrogens is 319 g/mol. The van der Waals surface area contributed by atoms with Gasteiger partial charge in [-0.05, 0) is 18.2 Å². The van der Waals surface area contributed by atoms with E-state index < -0.39 is 5.82 Å². The van der Waals surface area contributed by atoms with Crippen molar-refractivity contribution in [3.63, 3.8) is 0 Å². The molecule has 0 unspecified atom stereocenters. The number of hydrogen-bond acceptors (Lipinski definition) is 1. The molecule has 2 nitrogen and oxygen atoms in total. The average molecular weight is 326 g/mol. The Morgan fingerprint density at radius 1 is 1.22 bits per heavy atom. The smallest absolute Gasteiger partial charge is 0.142 e. The normalized spacial score (nSPS) is 11.1.